The molecule has 0 bridgehead atoms. The first kappa shape index (κ1) is 34.5. The van der Waals surface area contributed by atoms with Crippen molar-refractivity contribution >= 4 is 0 Å². The summed E-state index contributed by atoms with van der Waals surface area (Å²) in [7, 11) is 0. The van der Waals surface area contributed by atoms with Crippen LogP contribution < -0.4 is 0 Å². The third-order valence-electron chi connectivity index (χ3n) is 8.63. The van der Waals surface area contributed by atoms with Crippen molar-refractivity contribution < 1.29 is 21.1 Å². The summed E-state index contributed by atoms with van der Waals surface area (Å²) >= 11 is 0. The zero-order chi connectivity index (χ0) is 29.1. The summed E-state index contributed by atoms with van der Waals surface area (Å²) in [5, 5.41) is 0. The first-order chi connectivity index (χ1) is 17.8. The maximum Gasteiger partial charge on any atom is 2.00 e. The van der Waals surface area contributed by atoms with Crippen molar-refractivity contribution in [1.29, 1.82) is 0 Å². The van der Waals surface area contributed by atoms with Crippen LogP contribution in [-0.4, -0.2) is 0 Å². The van der Waals surface area contributed by atoms with Crippen molar-refractivity contribution in [3.63, 3.8) is 0 Å². The minimum atomic E-state index is 0. The molecule has 0 spiro atoms. The van der Waals surface area contributed by atoms with Crippen LogP contribution in [0, 0.1) is 120 Å². The SMILES string of the molecule is CCc1c(C)c(C)c(C#Cc2c(C)c(C)c(C#Cc3c(C)c(C)[c-]c(C)c3C)c(C)c2C)c(C)c1C.[CH2-]C.[W+2]. The van der Waals surface area contributed by atoms with Crippen LogP contribution in [0.3, 0.4) is 0 Å². The van der Waals surface area contributed by atoms with Gasteiger partial charge in [0.05, 0.1) is 0 Å². The van der Waals surface area contributed by atoms with Gasteiger partial charge in [-0.3, -0.25) is 0 Å². The third-order valence-corrected chi connectivity index (χ3v) is 8.63. The number of rotatable bonds is 1. The fraction of sp³-hybridized carbons (Fsp3) is 0.395. The minimum Gasteiger partial charge on any atom is -0.346 e. The molecule has 0 saturated carbocycles. The molecular weight excluding hydrogens is 640 g/mol. The van der Waals surface area contributed by atoms with Gasteiger partial charge in [-0.05, 0) is 112 Å². The van der Waals surface area contributed by atoms with Crippen LogP contribution in [0.1, 0.15) is 108 Å². The molecule has 0 aliphatic carbocycles. The Labute approximate surface area is 254 Å². The first-order valence-electron chi connectivity index (χ1n) is 13.8. The van der Waals surface area contributed by atoms with Gasteiger partial charge >= 0.3 is 21.1 Å². The van der Waals surface area contributed by atoms with Gasteiger partial charge in [0.2, 0.25) is 0 Å². The molecule has 0 N–H and O–H groups in total. The zero-order valence-corrected chi connectivity index (χ0v) is 29.8. The van der Waals surface area contributed by atoms with Crippen LogP contribution in [0.2, 0.25) is 0 Å². The molecule has 0 nitrogen and oxygen atoms in total. The van der Waals surface area contributed by atoms with E-state index in [1.54, 1.807) is 6.92 Å². The Morgan fingerprint density at radius 1 is 0.436 bits per heavy atom. The van der Waals surface area contributed by atoms with E-state index in [1.165, 1.54) is 77.9 Å². The van der Waals surface area contributed by atoms with Crippen LogP contribution in [0.15, 0.2) is 0 Å². The summed E-state index contributed by atoms with van der Waals surface area (Å²) in [6.45, 7) is 33.4. The van der Waals surface area contributed by atoms with Crippen LogP contribution in [0.5, 0.6) is 0 Å². The van der Waals surface area contributed by atoms with Gasteiger partial charge in [0.25, 0.3) is 0 Å². The fourth-order valence-electron chi connectivity index (χ4n) is 5.36. The Kier molecular flexibility index (Phi) is 12.6. The van der Waals surface area contributed by atoms with Crippen LogP contribution in [0.25, 0.3) is 0 Å². The first-order valence-corrected chi connectivity index (χ1v) is 13.8. The van der Waals surface area contributed by atoms with E-state index in [0.29, 0.717) is 0 Å². The molecule has 1 heteroatoms. The Balaban J connectivity index is 0.00000248. The third kappa shape index (κ3) is 6.62. The van der Waals surface area contributed by atoms with Crippen molar-refractivity contribution in [2.45, 2.75) is 103 Å². The van der Waals surface area contributed by atoms with Crippen LogP contribution >= 0.6 is 0 Å². The van der Waals surface area contributed by atoms with Gasteiger partial charge in [-0.25, -0.2) is 0 Å². The van der Waals surface area contributed by atoms with Crippen molar-refractivity contribution in [3.8, 4) is 23.7 Å². The molecular formula is C38H46W. The van der Waals surface area contributed by atoms with Crippen LogP contribution in [-0.2, 0) is 27.5 Å². The molecule has 0 unspecified atom stereocenters. The van der Waals surface area contributed by atoms with E-state index in [4.69, 9.17) is 0 Å². The molecule has 3 aromatic carbocycles. The van der Waals surface area contributed by atoms with Gasteiger partial charge < -0.3 is 6.92 Å². The topological polar surface area (TPSA) is 0 Å². The zero-order valence-electron chi connectivity index (χ0n) is 26.8. The second kappa shape index (κ2) is 14.2. The molecule has 0 saturated heterocycles. The summed E-state index contributed by atoms with van der Waals surface area (Å²) in [5.41, 5.74) is 21.1. The summed E-state index contributed by atoms with van der Waals surface area (Å²) < 4.78 is 0. The number of aryl methyl sites for hydroxylation is 2. The van der Waals surface area contributed by atoms with Crippen molar-refractivity contribution in [2.75, 3.05) is 0 Å². The molecule has 0 aliphatic heterocycles. The van der Waals surface area contributed by atoms with Gasteiger partial charge in [0.1, 0.15) is 0 Å². The van der Waals surface area contributed by atoms with Gasteiger partial charge in [0.15, 0.2) is 0 Å². The molecule has 0 radical (unpaired) electrons. The maximum atomic E-state index is 3.58. The molecule has 0 aromatic heterocycles. The van der Waals surface area contributed by atoms with Gasteiger partial charge in [-0.15, -0.1) is 11.1 Å². The second-order valence-electron chi connectivity index (χ2n) is 10.5. The average molecular weight is 687 g/mol. The van der Waals surface area contributed by atoms with Gasteiger partial charge in [-0.1, -0.05) is 63.9 Å². The quantitative estimate of drug-likeness (QED) is 0.177. The molecule has 0 aliphatic rings. The number of hydrogen-bond donors (Lipinski definition) is 0. The van der Waals surface area contributed by atoms with E-state index in [9.17, 15) is 0 Å². The minimum absolute atomic E-state index is 0. The van der Waals surface area contributed by atoms with Gasteiger partial charge in [-0.2, -0.15) is 24.1 Å². The van der Waals surface area contributed by atoms with Gasteiger partial charge in [0, 0.05) is 16.7 Å². The molecule has 0 fully saturated rings. The molecule has 0 amide bonds. The van der Waals surface area contributed by atoms with E-state index in [-0.39, 0.29) is 21.1 Å². The predicted octanol–water partition coefficient (Wildman–Crippen LogP) is 9.39. The maximum absolute atomic E-state index is 3.58. The Bertz CT molecular complexity index is 1440. The summed E-state index contributed by atoms with van der Waals surface area (Å²) in [6, 6.07) is 3.46. The molecule has 3 aromatic rings. The predicted molar refractivity (Wildman–Crippen MR) is 167 cm³/mol. The van der Waals surface area contributed by atoms with E-state index in [2.05, 4.69) is 127 Å². The Morgan fingerprint density at radius 2 is 0.667 bits per heavy atom. The molecule has 204 valence electrons. The monoisotopic (exact) mass is 686 g/mol. The summed E-state index contributed by atoms with van der Waals surface area (Å²) in [6.07, 6.45) is 1.06. The fourth-order valence-corrected chi connectivity index (χ4v) is 5.36. The normalized spacial score (nSPS) is 9.92. The smallest absolute Gasteiger partial charge is 0.346 e. The van der Waals surface area contributed by atoms with E-state index < -0.39 is 0 Å². The standard InChI is InChI=1S/C36H41.C2H5.W/c1-14-32-24(6)26(8)34(27(9)25(32)7)17-18-36-30(12)28(10)35(29(11)31(36)13)16-15-33-22(4)20(2)19-21(3)23(33)5;1-2;/h14H2,1-13H3;1H2,2H3;/q2*-1;+2. The van der Waals surface area contributed by atoms with E-state index in [1.807, 2.05) is 0 Å². The molecule has 39 heavy (non-hydrogen) atoms. The number of benzene rings is 3. The summed E-state index contributed by atoms with van der Waals surface area (Å²) in [5.74, 6) is 14.2. The molecule has 0 heterocycles. The largest absolute Gasteiger partial charge is 2.00 e. The van der Waals surface area contributed by atoms with Crippen molar-refractivity contribution in [3.05, 3.63) is 108 Å². The number of hydrogen-bond acceptors (Lipinski definition) is 0. The average Bonchev–Trinajstić information content (AvgIpc) is 2.90. The van der Waals surface area contributed by atoms with E-state index in [0.717, 1.165) is 23.1 Å². The molecule has 0 atom stereocenters. The summed E-state index contributed by atoms with van der Waals surface area (Å²) in [4.78, 5) is 0. The van der Waals surface area contributed by atoms with E-state index >= 15 is 0 Å². The van der Waals surface area contributed by atoms with Crippen LogP contribution in [0.4, 0.5) is 0 Å². The van der Waals surface area contributed by atoms with Crippen molar-refractivity contribution in [2.24, 2.45) is 0 Å². The Morgan fingerprint density at radius 3 is 0.923 bits per heavy atom. The Hall–Kier alpha value is -2.53. The second-order valence-corrected chi connectivity index (χ2v) is 10.5. The van der Waals surface area contributed by atoms with Crippen molar-refractivity contribution in [1.82, 2.24) is 0 Å². The molecule has 3 rings (SSSR count).